The summed E-state index contributed by atoms with van der Waals surface area (Å²) in [5.41, 5.74) is 1.61. The van der Waals surface area contributed by atoms with Crippen LogP contribution in [0.5, 0.6) is 0 Å². The molecule has 1 aliphatic heterocycles. The normalized spacial score (nSPS) is 16.7. The number of hydrogen-bond donors (Lipinski definition) is 0. The van der Waals surface area contributed by atoms with Crippen LogP contribution >= 0.6 is 35.3 Å². The van der Waals surface area contributed by atoms with Gasteiger partial charge in [-0.25, -0.2) is 0 Å². The van der Waals surface area contributed by atoms with Crippen LogP contribution in [0.3, 0.4) is 0 Å². The number of carbonyl (C=O) groups is 1. The van der Waals surface area contributed by atoms with E-state index in [-0.39, 0.29) is 5.91 Å². The molecular weight excluding hydrogens is 344 g/mol. The SMILES string of the molecule is CSc1ccc(C=C2C(=O)N(Cc3cccs3)C(=S)N2C)cc1. The van der Waals surface area contributed by atoms with Crippen LogP contribution in [0.15, 0.2) is 52.4 Å². The molecule has 1 aromatic heterocycles. The quantitative estimate of drug-likeness (QED) is 0.466. The van der Waals surface area contributed by atoms with Gasteiger partial charge in [-0.05, 0) is 53.7 Å². The van der Waals surface area contributed by atoms with Crippen molar-refractivity contribution in [3.63, 3.8) is 0 Å². The van der Waals surface area contributed by atoms with Crippen molar-refractivity contribution >= 4 is 52.4 Å². The van der Waals surface area contributed by atoms with Crippen molar-refractivity contribution in [1.82, 2.24) is 9.80 Å². The molecule has 0 aliphatic carbocycles. The lowest BCUT2D eigenvalue weighted by Gasteiger charge is -2.15. The topological polar surface area (TPSA) is 23.6 Å². The van der Waals surface area contributed by atoms with Gasteiger partial charge in [0, 0.05) is 16.8 Å². The fraction of sp³-hybridized carbons (Fsp3) is 0.176. The minimum Gasteiger partial charge on any atom is -0.317 e. The average molecular weight is 361 g/mol. The van der Waals surface area contributed by atoms with Gasteiger partial charge in [0.05, 0.1) is 6.54 Å². The van der Waals surface area contributed by atoms with Crippen LogP contribution in [0.1, 0.15) is 10.4 Å². The Labute approximate surface area is 149 Å². The number of nitrogens with zero attached hydrogens (tertiary/aromatic N) is 2. The smallest absolute Gasteiger partial charge is 0.277 e. The van der Waals surface area contributed by atoms with Gasteiger partial charge < -0.3 is 4.90 Å². The highest BCUT2D eigenvalue weighted by molar-refractivity contribution is 7.98. The van der Waals surface area contributed by atoms with Crippen molar-refractivity contribution in [1.29, 1.82) is 0 Å². The maximum atomic E-state index is 12.7. The summed E-state index contributed by atoms with van der Waals surface area (Å²) < 4.78 is 0. The molecule has 0 radical (unpaired) electrons. The fourth-order valence-electron chi connectivity index (χ4n) is 2.37. The number of thiocarbonyl (C=S) groups is 1. The van der Waals surface area contributed by atoms with Crippen LogP contribution in [0.25, 0.3) is 6.08 Å². The summed E-state index contributed by atoms with van der Waals surface area (Å²) in [6.45, 7) is 0.530. The average Bonchev–Trinajstić information content (AvgIpc) is 3.15. The molecule has 1 aromatic carbocycles. The number of thiophene rings is 1. The van der Waals surface area contributed by atoms with Crippen LogP contribution in [-0.2, 0) is 11.3 Å². The zero-order valence-electron chi connectivity index (χ0n) is 12.9. The third-order valence-corrected chi connectivity index (χ3v) is 5.76. The molecule has 0 atom stereocenters. The number of likely N-dealkylation sites (N-methyl/N-ethyl adjacent to an activating group) is 1. The molecule has 0 unspecified atom stereocenters. The Hall–Kier alpha value is -1.63. The van der Waals surface area contributed by atoms with Gasteiger partial charge in [-0.15, -0.1) is 23.1 Å². The molecule has 0 bridgehead atoms. The molecular formula is C17H16N2OS3. The van der Waals surface area contributed by atoms with Gasteiger partial charge in [0.25, 0.3) is 5.91 Å². The lowest BCUT2D eigenvalue weighted by Crippen LogP contribution is -2.30. The van der Waals surface area contributed by atoms with E-state index in [0.717, 1.165) is 10.4 Å². The molecule has 3 nitrogen and oxygen atoms in total. The summed E-state index contributed by atoms with van der Waals surface area (Å²) in [4.78, 5) is 18.5. The Morgan fingerprint density at radius 1 is 1.26 bits per heavy atom. The zero-order valence-corrected chi connectivity index (χ0v) is 15.3. The van der Waals surface area contributed by atoms with Gasteiger partial charge in [-0.2, -0.15) is 0 Å². The van der Waals surface area contributed by atoms with E-state index in [1.54, 1.807) is 32.9 Å². The number of thioether (sulfide) groups is 1. The molecule has 0 saturated carbocycles. The number of carbonyl (C=O) groups excluding carboxylic acids is 1. The summed E-state index contributed by atoms with van der Waals surface area (Å²) in [5.74, 6) is -0.0418. The third-order valence-electron chi connectivity index (χ3n) is 3.66. The number of hydrogen-bond acceptors (Lipinski definition) is 4. The van der Waals surface area contributed by atoms with E-state index in [2.05, 4.69) is 12.1 Å². The number of rotatable bonds is 4. The summed E-state index contributed by atoms with van der Waals surface area (Å²) in [6.07, 6.45) is 3.94. The van der Waals surface area contributed by atoms with Gasteiger partial charge in [0.15, 0.2) is 5.11 Å². The second kappa shape index (κ2) is 6.86. The first-order valence-corrected chi connectivity index (χ1v) is 9.59. The van der Waals surface area contributed by atoms with E-state index in [4.69, 9.17) is 12.2 Å². The maximum Gasteiger partial charge on any atom is 0.277 e. The van der Waals surface area contributed by atoms with Crippen molar-refractivity contribution in [3.8, 4) is 0 Å². The van der Waals surface area contributed by atoms with Crippen molar-refractivity contribution in [3.05, 3.63) is 57.9 Å². The van der Waals surface area contributed by atoms with Crippen molar-refractivity contribution in [2.75, 3.05) is 13.3 Å². The Morgan fingerprint density at radius 3 is 2.61 bits per heavy atom. The Morgan fingerprint density at radius 2 is 2.00 bits per heavy atom. The van der Waals surface area contributed by atoms with Gasteiger partial charge in [0.2, 0.25) is 0 Å². The highest BCUT2D eigenvalue weighted by atomic mass is 32.2. The van der Waals surface area contributed by atoms with E-state index in [9.17, 15) is 4.79 Å². The van der Waals surface area contributed by atoms with Gasteiger partial charge in [-0.3, -0.25) is 9.69 Å². The minimum absolute atomic E-state index is 0.0418. The first-order valence-electron chi connectivity index (χ1n) is 7.08. The van der Waals surface area contributed by atoms with Gasteiger partial charge in [0.1, 0.15) is 5.70 Å². The van der Waals surface area contributed by atoms with Crippen LogP contribution in [-0.4, -0.2) is 34.1 Å². The molecule has 0 spiro atoms. The van der Waals surface area contributed by atoms with Crippen molar-refractivity contribution < 1.29 is 4.79 Å². The minimum atomic E-state index is -0.0418. The zero-order chi connectivity index (χ0) is 16.4. The lowest BCUT2D eigenvalue weighted by atomic mass is 10.2. The predicted octanol–water partition coefficient (Wildman–Crippen LogP) is 4.07. The van der Waals surface area contributed by atoms with E-state index in [1.807, 2.05) is 49.0 Å². The molecule has 118 valence electrons. The van der Waals surface area contributed by atoms with Crippen molar-refractivity contribution in [2.24, 2.45) is 0 Å². The van der Waals surface area contributed by atoms with Crippen LogP contribution in [0.2, 0.25) is 0 Å². The largest absolute Gasteiger partial charge is 0.317 e. The molecule has 6 heteroatoms. The second-order valence-electron chi connectivity index (χ2n) is 5.11. The molecule has 0 N–H and O–H groups in total. The molecule has 2 heterocycles. The summed E-state index contributed by atoms with van der Waals surface area (Å²) in [6, 6.07) is 12.1. The molecule has 1 saturated heterocycles. The number of benzene rings is 1. The molecule has 1 amide bonds. The standard InChI is InChI=1S/C17H16N2OS3/c1-18-15(10-12-5-7-13(22-2)8-6-12)16(20)19(17(18)21)11-14-4-3-9-23-14/h3-10H,11H2,1-2H3. The van der Waals surface area contributed by atoms with Gasteiger partial charge >= 0.3 is 0 Å². The predicted molar refractivity (Wildman–Crippen MR) is 101 cm³/mol. The highest BCUT2D eigenvalue weighted by Crippen LogP contribution is 2.25. The first kappa shape index (κ1) is 16.2. The summed E-state index contributed by atoms with van der Waals surface area (Å²) in [7, 11) is 1.84. The third kappa shape index (κ3) is 3.34. The highest BCUT2D eigenvalue weighted by Gasteiger charge is 2.35. The summed E-state index contributed by atoms with van der Waals surface area (Å²) in [5, 5.41) is 2.56. The van der Waals surface area contributed by atoms with Crippen LogP contribution < -0.4 is 0 Å². The first-order chi connectivity index (χ1) is 11.1. The van der Waals surface area contributed by atoms with E-state index < -0.39 is 0 Å². The van der Waals surface area contributed by atoms with Crippen molar-refractivity contribution in [2.45, 2.75) is 11.4 Å². The van der Waals surface area contributed by atoms with E-state index in [0.29, 0.717) is 17.4 Å². The van der Waals surface area contributed by atoms with E-state index in [1.165, 1.54) is 4.90 Å². The van der Waals surface area contributed by atoms with Gasteiger partial charge in [-0.1, -0.05) is 18.2 Å². The molecule has 1 aliphatic rings. The summed E-state index contributed by atoms with van der Waals surface area (Å²) >= 11 is 8.77. The van der Waals surface area contributed by atoms with Crippen LogP contribution in [0.4, 0.5) is 0 Å². The lowest BCUT2D eigenvalue weighted by molar-refractivity contribution is -0.122. The van der Waals surface area contributed by atoms with Crippen LogP contribution in [0, 0.1) is 0 Å². The molecule has 1 fully saturated rings. The molecule has 3 rings (SSSR count). The Balaban J connectivity index is 1.85. The molecule has 2 aromatic rings. The number of amides is 1. The molecule has 23 heavy (non-hydrogen) atoms. The Bertz CT molecular complexity index is 751. The monoisotopic (exact) mass is 360 g/mol. The maximum absolute atomic E-state index is 12.7. The van der Waals surface area contributed by atoms with E-state index >= 15 is 0 Å². The second-order valence-corrected chi connectivity index (χ2v) is 7.39. The Kier molecular flexibility index (Phi) is 4.84. The fourth-order valence-corrected chi connectivity index (χ4v) is 3.71.